The second-order valence-corrected chi connectivity index (χ2v) is 3.18. The van der Waals surface area contributed by atoms with Crippen LogP contribution in [0, 0.1) is 17.0 Å². The standard InChI is InChI=1S/C10H10ClNO2/c1-8-4-5-9(3-2-6-11)10(7-8)12(13)14/h2-5,7H,6H2,1H3. The lowest BCUT2D eigenvalue weighted by molar-refractivity contribution is -0.385. The highest BCUT2D eigenvalue weighted by molar-refractivity contribution is 6.19. The van der Waals surface area contributed by atoms with Crippen molar-refractivity contribution < 1.29 is 4.92 Å². The molecule has 0 saturated heterocycles. The average molecular weight is 212 g/mol. The van der Waals surface area contributed by atoms with Gasteiger partial charge < -0.3 is 0 Å². The fourth-order valence-electron chi connectivity index (χ4n) is 1.12. The molecule has 0 heterocycles. The molecule has 0 aliphatic rings. The number of nitrogens with zero attached hydrogens (tertiary/aromatic N) is 1. The number of hydrogen-bond acceptors (Lipinski definition) is 2. The van der Waals surface area contributed by atoms with Gasteiger partial charge in [0.15, 0.2) is 0 Å². The normalized spacial score (nSPS) is 10.7. The van der Waals surface area contributed by atoms with E-state index in [0.29, 0.717) is 11.4 Å². The Balaban J connectivity index is 3.15. The molecule has 0 aliphatic heterocycles. The van der Waals surface area contributed by atoms with Crippen LogP contribution in [-0.2, 0) is 0 Å². The number of nitro benzene ring substituents is 1. The third kappa shape index (κ3) is 2.57. The van der Waals surface area contributed by atoms with Crippen LogP contribution in [0.3, 0.4) is 0 Å². The lowest BCUT2D eigenvalue weighted by Gasteiger charge is -1.98. The molecule has 0 amide bonds. The number of allylic oxidation sites excluding steroid dienone is 1. The third-order valence-electron chi connectivity index (χ3n) is 1.77. The van der Waals surface area contributed by atoms with Crippen LogP contribution < -0.4 is 0 Å². The van der Waals surface area contributed by atoms with Crippen molar-refractivity contribution in [3.05, 3.63) is 45.5 Å². The van der Waals surface area contributed by atoms with E-state index in [4.69, 9.17) is 11.6 Å². The molecule has 0 unspecified atom stereocenters. The first kappa shape index (κ1) is 10.7. The SMILES string of the molecule is Cc1ccc(C=CCCl)c([N+](=O)[O-])c1. The molecule has 0 aromatic heterocycles. The van der Waals surface area contributed by atoms with E-state index < -0.39 is 0 Å². The molecular formula is C10H10ClNO2. The van der Waals surface area contributed by atoms with Crippen molar-refractivity contribution in [1.29, 1.82) is 0 Å². The minimum atomic E-state index is -0.388. The van der Waals surface area contributed by atoms with E-state index in [2.05, 4.69) is 0 Å². The molecule has 1 aromatic rings. The zero-order chi connectivity index (χ0) is 10.6. The predicted octanol–water partition coefficient (Wildman–Crippen LogP) is 3.16. The molecular weight excluding hydrogens is 202 g/mol. The van der Waals surface area contributed by atoms with Crippen LogP contribution in [0.1, 0.15) is 11.1 Å². The Morgan fingerprint density at radius 1 is 1.57 bits per heavy atom. The maximum absolute atomic E-state index is 10.7. The van der Waals surface area contributed by atoms with Gasteiger partial charge in [-0.15, -0.1) is 11.6 Å². The Labute approximate surface area is 87.2 Å². The highest BCUT2D eigenvalue weighted by Gasteiger charge is 2.10. The van der Waals surface area contributed by atoms with Crippen molar-refractivity contribution in [1.82, 2.24) is 0 Å². The van der Waals surface area contributed by atoms with Gasteiger partial charge in [0.25, 0.3) is 5.69 Å². The van der Waals surface area contributed by atoms with E-state index in [1.165, 1.54) is 0 Å². The molecule has 74 valence electrons. The summed E-state index contributed by atoms with van der Waals surface area (Å²) in [5.41, 5.74) is 1.58. The molecule has 0 fully saturated rings. The van der Waals surface area contributed by atoms with Crippen LogP contribution in [0.2, 0.25) is 0 Å². The maximum Gasteiger partial charge on any atom is 0.276 e. The molecule has 1 rings (SSSR count). The highest BCUT2D eigenvalue weighted by atomic mass is 35.5. The fourth-order valence-corrected chi connectivity index (χ4v) is 1.21. The predicted molar refractivity (Wildman–Crippen MR) is 57.6 cm³/mol. The summed E-state index contributed by atoms with van der Waals surface area (Å²) in [6, 6.07) is 5.10. The summed E-state index contributed by atoms with van der Waals surface area (Å²) >= 11 is 5.46. The average Bonchev–Trinajstić information content (AvgIpc) is 2.15. The molecule has 0 spiro atoms. The summed E-state index contributed by atoms with van der Waals surface area (Å²) in [6.45, 7) is 1.82. The van der Waals surface area contributed by atoms with Gasteiger partial charge in [-0.25, -0.2) is 0 Å². The van der Waals surface area contributed by atoms with Gasteiger partial charge in [-0.3, -0.25) is 10.1 Å². The quantitative estimate of drug-likeness (QED) is 0.438. The zero-order valence-corrected chi connectivity index (χ0v) is 8.49. The molecule has 1 aromatic carbocycles. The second kappa shape index (κ2) is 4.77. The zero-order valence-electron chi connectivity index (χ0n) is 7.74. The minimum absolute atomic E-state index is 0.117. The van der Waals surface area contributed by atoms with Crippen LogP contribution in [0.5, 0.6) is 0 Å². The summed E-state index contributed by atoms with van der Waals surface area (Å²) < 4.78 is 0. The van der Waals surface area contributed by atoms with Crippen LogP contribution >= 0.6 is 11.6 Å². The number of hydrogen-bond donors (Lipinski definition) is 0. The summed E-state index contributed by atoms with van der Waals surface area (Å²) in [5, 5.41) is 10.7. The monoisotopic (exact) mass is 211 g/mol. The Morgan fingerprint density at radius 3 is 2.86 bits per heavy atom. The van der Waals surface area contributed by atoms with Gasteiger partial charge in [-0.1, -0.05) is 18.2 Å². The summed E-state index contributed by atoms with van der Waals surface area (Å²) in [6.07, 6.45) is 3.34. The molecule has 3 nitrogen and oxygen atoms in total. The van der Waals surface area contributed by atoms with Crippen molar-refractivity contribution in [3.63, 3.8) is 0 Å². The molecule has 0 saturated carbocycles. The van der Waals surface area contributed by atoms with Gasteiger partial charge in [-0.2, -0.15) is 0 Å². The molecule has 4 heteroatoms. The van der Waals surface area contributed by atoms with Gasteiger partial charge in [0.1, 0.15) is 0 Å². The molecule has 0 bridgehead atoms. The van der Waals surface area contributed by atoms with Crippen molar-refractivity contribution in [3.8, 4) is 0 Å². The summed E-state index contributed by atoms with van der Waals surface area (Å²) in [5.74, 6) is 0.352. The summed E-state index contributed by atoms with van der Waals surface area (Å²) in [7, 11) is 0. The number of aryl methyl sites for hydroxylation is 1. The lowest BCUT2D eigenvalue weighted by Crippen LogP contribution is -1.92. The largest absolute Gasteiger partial charge is 0.276 e. The number of rotatable bonds is 3. The smallest absolute Gasteiger partial charge is 0.258 e. The van der Waals surface area contributed by atoms with E-state index in [1.54, 1.807) is 24.3 Å². The Morgan fingerprint density at radius 2 is 2.29 bits per heavy atom. The van der Waals surface area contributed by atoms with Crippen LogP contribution in [0.15, 0.2) is 24.3 Å². The number of nitro groups is 1. The van der Waals surface area contributed by atoms with Crippen LogP contribution in [0.25, 0.3) is 6.08 Å². The van der Waals surface area contributed by atoms with Gasteiger partial charge in [0, 0.05) is 11.9 Å². The van der Waals surface area contributed by atoms with E-state index in [1.807, 2.05) is 13.0 Å². The minimum Gasteiger partial charge on any atom is -0.258 e. The van der Waals surface area contributed by atoms with Gasteiger partial charge in [-0.05, 0) is 18.6 Å². The van der Waals surface area contributed by atoms with Gasteiger partial charge in [0.2, 0.25) is 0 Å². The van der Waals surface area contributed by atoms with E-state index in [0.717, 1.165) is 5.56 Å². The Kier molecular flexibility index (Phi) is 3.65. The first-order chi connectivity index (χ1) is 6.65. The van der Waals surface area contributed by atoms with Crippen molar-refractivity contribution in [2.75, 3.05) is 5.88 Å². The third-order valence-corrected chi connectivity index (χ3v) is 1.95. The van der Waals surface area contributed by atoms with Crippen LogP contribution in [-0.4, -0.2) is 10.8 Å². The fraction of sp³-hybridized carbons (Fsp3) is 0.200. The molecule has 14 heavy (non-hydrogen) atoms. The number of halogens is 1. The molecule has 0 aliphatic carbocycles. The highest BCUT2D eigenvalue weighted by Crippen LogP contribution is 2.21. The van der Waals surface area contributed by atoms with Gasteiger partial charge in [0.05, 0.1) is 10.5 Å². The number of alkyl halides is 1. The first-order valence-corrected chi connectivity index (χ1v) is 4.66. The second-order valence-electron chi connectivity index (χ2n) is 2.88. The molecule has 0 N–H and O–H groups in total. The van der Waals surface area contributed by atoms with Crippen molar-refractivity contribution in [2.45, 2.75) is 6.92 Å². The summed E-state index contributed by atoms with van der Waals surface area (Å²) in [4.78, 5) is 10.3. The Hall–Kier alpha value is -1.35. The maximum atomic E-state index is 10.7. The lowest BCUT2D eigenvalue weighted by atomic mass is 10.1. The van der Waals surface area contributed by atoms with Crippen molar-refractivity contribution >= 4 is 23.4 Å². The number of benzene rings is 1. The van der Waals surface area contributed by atoms with E-state index >= 15 is 0 Å². The van der Waals surface area contributed by atoms with E-state index in [-0.39, 0.29) is 10.6 Å². The van der Waals surface area contributed by atoms with E-state index in [9.17, 15) is 10.1 Å². The molecule has 0 atom stereocenters. The van der Waals surface area contributed by atoms with Gasteiger partial charge >= 0.3 is 0 Å². The van der Waals surface area contributed by atoms with Crippen LogP contribution in [0.4, 0.5) is 5.69 Å². The first-order valence-electron chi connectivity index (χ1n) is 4.12. The molecule has 0 radical (unpaired) electrons. The Bertz CT molecular complexity index is 374. The van der Waals surface area contributed by atoms with Crippen molar-refractivity contribution in [2.24, 2.45) is 0 Å². The topological polar surface area (TPSA) is 43.1 Å².